The zero-order chi connectivity index (χ0) is 11.3. The summed E-state index contributed by atoms with van der Waals surface area (Å²) in [5.41, 5.74) is 2.34. The van der Waals surface area contributed by atoms with Crippen LogP contribution in [-0.4, -0.2) is 22.2 Å². The van der Waals surface area contributed by atoms with Crippen molar-refractivity contribution in [2.45, 2.75) is 45.9 Å². The molecule has 0 radical (unpaired) electrons. The molecule has 84 valence electrons. The van der Waals surface area contributed by atoms with Gasteiger partial charge in [-0.05, 0) is 31.9 Å². The molecule has 0 aliphatic carbocycles. The van der Waals surface area contributed by atoms with Crippen LogP contribution in [0, 0.1) is 0 Å². The Morgan fingerprint density at radius 2 is 2.20 bits per heavy atom. The zero-order valence-corrected chi connectivity index (χ0v) is 9.70. The van der Waals surface area contributed by atoms with E-state index >= 15 is 0 Å². The quantitative estimate of drug-likeness (QED) is 0.771. The zero-order valence-electron chi connectivity index (χ0n) is 9.70. The van der Waals surface area contributed by atoms with Crippen LogP contribution in [0.5, 0.6) is 0 Å². The fourth-order valence-electron chi connectivity index (χ4n) is 1.38. The van der Waals surface area contributed by atoms with Crippen LogP contribution in [0.15, 0.2) is 18.3 Å². The second kappa shape index (κ2) is 5.83. The van der Waals surface area contributed by atoms with Gasteiger partial charge in [-0.3, -0.25) is 4.98 Å². The van der Waals surface area contributed by atoms with E-state index in [1.807, 2.05) is 19.2 Å². The van der Waals surface area contributed by atoms with Crippen molar-refractivity contribution >= 4 is 0 Å². The molecular formula is C12H20N2O. The first-order valence-electron chi connectivity index (χ1n) is 5.49. The Labute approximate surface area is 91.5 Å². The van der Waals surface area contributed by atoms with Crippen LogP contribution in [0.4, 0.5) is 0 Å². The normalized spacial score (nSPS) is 14.9. The van der Waals surface area contributed by atoms with Crippen molar-refractivity contribution in [2.24, 2.45) is 0 Å². The molecule has 0 saturated carbocycles. The SMILES string of the molecule is CCc1cccnc1CNC(C)C(C)O. The third-order valence-electron chi connectivity index (χ3n) is 2.68. The number of aliphatic hydroxyl groups is 1. The van der Waals surface area contributed by atoms with Crippen molar-refractivity contribution in [3.05, 3.63) is 29.6 Å². The molecule has 0 bridgehead atoms. The Hall–Kier alpha value is -0.930. The summed E-state index contributed by atoms with van der Waals surface area (Å²) in [7, 11) is 0. The maximum absolute atomic E-state index is 9.34. The number of rotatable bonds is 5. The lowest BCUT2D eigenvalue weighted by Gasteiger charge is -2.17. The van der Waals surface area contributed by atoms with Gasteiger partial charge in [0.2, 0.25) is 0 Å². The third kappa shape index (κ3) is 3.61. The summed E-state index contributed by atoms with van der Waals surface area (Å²) in [5, 5.41) is 12.6. The molecule has 1 aromatic heterocycles. The van der Waals surface area contributed by atoms with Gasteiger partial charge in [-0.15, -0.1) is 0 Å². The second-order valence-electron chi connectivity index (χ2n) is 3.87. The molecule has 0 amide bonds. The van der Waals surface area contributed by atoms with Crippen LogP contribution in [0.3, 0.4) is 0 Å². The lowest BCUT2D eigenvalue weighted by molar-refractivity contribution is 0.152. The highest BCUT2D eigenvalue weighted by molar-refractivity contribution is 5.19. The van der Waals surface area contributed by atoms with Gasteiger partial charge in [0, 0.05) is 18.8 Å². The third-order valence-corrected chi connectivity index (χ3v) is 2.68. The van der Waals surface area contributed by atoms with E-state index in [9.17, 15) is 5.11 Å². The molecule has 0 fully saturated rings. The average Bonchev–Trinajstić information content (AvgIpc) is 2.26. The van der Waals surface area contributed by atoms with Gasteiger partial charge in [-0.1, -0.05) is 13.0 Å². The monoisotopic (exact) mass is 208 g/mol. The van der Waals surface area contributed by atoms with Crippen LogP contribution in [0.25, 0.3) is 0 Å². The Kier molecular flexibility index (Phi) is 4.72. The lowest BCUT2D eigenvalue weighted by Crippen LogP contribution is -2.35. The molecule has 2 N–H and O–H groups in total. The molecule has 3 heteroatoms. The van der Waals surface area contributed by atoms with Gasteiger partial charge in [-0.2, -0.15) is 0 Å². The van der Waals surface area contributed by atoms with E-state index < -0.39 is 0 Å². The van der Waals surface area contributed by atoms with Gasteiger partial charge in [0.1, 0.15) is 0 Å². The van der Waals surface area contributed by atoms with Crippen LogP contribution in [-0.2, 0) is 13.0 Å². The Morgan fingerprint density at radius 1 is 1.47 bits per heavy atom. The topological polar surface area (TPSA) is 45.2 Å². The number of hydrogen-bond acceptors (Lipinski definition) is 3. The van der Waals surface area contributed by atoms with Gasteiger partial charge >= 0.3 is 0 Å². The highest BCUT2D eigenvalue weighted by Crippen LogP contribution is 2.06. The summed E-state index contributed by atoms with van der Waals surface area (Å²) < 4.78 is 0. The van der Waals surface area contributed by atoms with Crippen LogP contribution in [0.1, 0.15) is 32.0 Å². The predicted molar refractivity (Wildman–Crippen MR) is 61.6 cm³/mol. The maximum atomic E-state index is 9.34. The van der Waals surface area contributed by atoms with Gasteiger partial charge in [0.25, 0.3) is 0 Å². The standard InChI is InChI=1S/C12H20N2O/c1-4-11-6-5-7-13-12(11)8-14-9(2)10(3)15/h5-7,9-10,14-15H,4,8H2,1-3H3. The molecule has 0 aliphatic heterocycles. The minimum Gasteiger partial charge on any atom is -0.392 e. The Bertz CT molecular complexity index is 299. The molecule has 0 spiro atoms. The van der Waals surface area contributed by atoms with Crippen LogP contribution < -0.4 is 5.32 Å². The number of aryl methyl sites for hydroxylation is 1. The lowest BCUT2D eigenvalue weighted by atomic mass is 10.1. The van der Waals surface area contributed by atoms with E-state index in [0.717, 1.165) is 18.7 Å². The highest BCUT2D eigenvalue weighted by Gasteiger charge is 2.08. The Morgan fingerprint density at radius 3 is 2.80 bits per heavy atom. The van der Waals surface area contributed by atoms with E-state index in [0.29, 0.717) is 0 Å². The maximum Gasteiger partial charge on any atom is 0.0662 e. The van der Waals surface area contributed by atoms with E-state index in [-0.39, 0.29) is 12.1 Å². The molecular weight excluding hydrogens is 188 g/mol. The summed E-state index contributed by atoms with van der Waals surface area (Å²) in [6.07, 6.45) is 2.47. The molecule has 0 saturated heterocycles. The largest absolute Gasteiger partial charge is 0.392 e. The molecule has 2 unspecified atom stereocenters. The van der Waals surface area contributed by atoms with Gasteiger partial charge < -0.3 is 10.4 Å². The fraction of sp³-hybridized carbons (Fsp3) is 0.583. The number of nitrogens with zero attached hydrogens (tertiary/aromatic N) is 1. The number of nitrogens with one attached hydrogen (secondary N) is 1. The summed E-state index contributed by atoms with van der Waals surface area (Å²) in [4.78, 5) is 4.34. The van der Waals surface area contributed by atoms with Crippen LogP contribution >= 0.6 is 0 Å². The van der Waals surface area contributed by atoms with Crippen molar-refractivity contribution in [3.63, 3.8) is 0 Å². The van der Waals surface area contributed by atoms with Gasteiger partial charge in [0.15, 0.2) is 0 Å². The molecule has 2 atom stereocenters. The van der Waals surface area contributed by atoms with E-state index in [1.165, 1.54) is 5.56 Å². The minimum absolute atomic E-state index is 0.0942. The molecule has 3 nitrogen and oxygen atoms in total. The number of pyridine rings is 1. The molecule has 1 heterocycles. The van der Waals surface area contributed by atoms with E-state index in [4.69, 9.17) is 0 Å². The van der Waals surface area contributed by atoms with Gasteiger partial charge in [-0.25, -0.2) is 0 Å². The van der Waals surface area contributed by atoms with E-state index in [2.05, 4.69) is 23.3 Å². The summed E-state index contributed by atoms with van der Waals surface area (Å²) >= 11 is 0. The van der Waals surface area contributed by atoms with Gasteiger partial charge in [0.05, 0.1) is 11.8 Å². The number of aromatic nitrogens is 1. The average molecular weight is 208 g/mol. The Balaban J connectivity index is 2.57. The molecule has 0 aromatic carbocycles. The first-order chi connectivity index (χ1) is 7.15. The van der Waals surface area contributed by atoms with Crippen molar-refractivity contribution < 1.29 is 5.11 Å². The highest BCUT2D eigenvalue weighted by atomic mass is 16.3. The van der Waals surface area contributed by atoms with Crippen molar-refractivity contribution in [1.82, 2.24) is 10.3 Å². The smallest absolute Gasteiger partial charge is 0.0662 e. The van der Waals surface area contributed by atoms with E-state index in [1.54, 1.807) is 6.92 Å². The molecule has 1 aromatic rings. The van der Waals surface area contributed by atoms with Crippen LogP contribution in [0.2, 0.25) is 0 Å². The van der Waals surface area contributed by atoms with Crippen molar-refractivity contribution in [1.29, 1.82) is 0 Å². The number of aliphatic hydroxyl groups excluding tert-OH is 1. The molecule has 0 aliphatic rings. The van der Waals surface area contributed by atoms with Crippen molar-refractivity contribution in [3.8, 4) is 0 Å². The second-order valence-corrected chi connectivity index (χ2v) is 3.87. The first kappa shape index (κ1) is 12.1. The minimum atomic E-state index is -0.334. The number of hydrogen-bond donors (Lipinski definition) is 2. The predicted octanol–water partition coefficient (Wildman–Crippen LogP) is 1.50. The summed E-state index contributed by atoms with van der Waals surface area (Å²) in [6.45, 7) is 6.60. The summed E-state index contributed by atoms with van der Waals surface area (Å²) in [5.74, 6) is 0. The molecule has 1 rings (SSSR count). The fourth-order valence-corrected chi connectivity index (χ4v) is 1.38. The van der Waals surface area contributed by atoms with Crippen molar-refractivity contribution in [2.75, 3.05) is 0 Å². The summed E-state index contributed by atoms with van der Waals surface area (Å²) in [6, 6.07) is 4.15. The molecule has 15 heavy (non-hydrogen) atoms. The first-order valence-corrected chi connectivity index (χ1v) is 5.49.